The minimum absolute atomic E-state index is 0.109. The molecule has 136 valence electrons. The Kier molecular flexibility index (Phi) is 4.29. The molecule has 2 heterocycles. The first kappa shape index (κ1) is 16.8. The summed E-state index contributed by atoms with van der Waals surface area (Å²) in [6.45, 7) is 0. The summed E-state index contributed by atoms with van der Waals surface area (Å²) in [5.74, 6) is 0.491. The van der Waals surface area contributed by atoms with E-state index in [1.54, 1.807) is 25.3 Å². The van der Waals surface area contributed by atoms with Gasteiger partial charge in [0.15, 0.2) is 0 Å². The fourth-order valence-corrected chi connectivity index (χ4v) is 3.13. The van der Waals surface area contributed by atoms with Crippen molar-refractivity contribution in [3.8, 4) is 11.4 Å². The van der Waals surface area contributed by atoms with Crippen molar-refractivity contribution in [1.29, 1.82) is 0 Å². The molecule has 27 heavy (non-hydrogen) atoms. The highest BCUT2D eigenvalue weighted by molar-refractivity contribution is 5.96. The van der Waals surface area contributed by atoms with Crippen LogP contribution in [-0.4, -0.2) is 37.8 Å². The second kappa shape index (κ2) is 6.91. The monoisotopic (exact) mass is 362 g/mol. The van der Waals surface area contributed by atoms with Crippen molar-refractivity contribution >= 4 is 22.5 Å². The Morgan fingerprint density at radius 1 is 1.22 bits per heavy atom. The number of amides is 1. The number of para-hydroxylation sites is 1. The molecule has 2 aromatic heterocycles. The fraction of sp³-hybridized carbons (Fsp3) is 0.158. The summed E-state index contributed by atoms with van der Waals surface area (Å²) in [5, 5.41) is 15.1. The Morgan fingerprint density at radius 2 is 2.07 bits per heavy atom. The third kappa shape index (κ3) is 3.37. The lowest BCUT2D eigenvalue weighted by Gasteiger charge is -2.10. The zero-order chi connectivity index (χ0) is 18.8. The van der Waals surface area contributed by atoms with Crippen molar-refractivity contribution in [1.82, 2.24) is 24.8 Å². The van der Waals surface area contributed by atoms with Crippen LogP contribution in [0.2, 0.25) is 0 Å². The number of carbonyl (C=O) groups is 1. The number of tetrazole rings is 1. The van der Waals surface area contributed by atoms with Crippen LogP contribution in [0.15, 0.2) is 55.0 Å². The number of hydrogen-bond donors (Lipinski definition) is 1. The molecule has 8 nitrogen and oxygen atoms in total. The number of carbonyl (C=O) groups excluding carboxylic acids is 1. The highest BCUT2D eigenvalue weighted by atomic mass is 16.5. The largest absolute Gasteiger partial charge is 0.497 e. The molecule has 1 amide bonds. The van der Waals surface area contributed by atoms with E-state index < -0.39 is 0 Å². The van der Waals surface area contributed by atoms with Crippen LogP contribution in [0, 0.1) is 0 Å². The van der Waals surface area contributed by atoms with Crippen molar-refractivity contribution in [3.05, 3.63) is 60.6 Å². The van der Waals surface area contributed by atoms with Crippen molar-refractivity contribution < 1.29 is 9.53 Å². The molecule has 0 saturated heterocycles. The van der Waals surface area contributed by atoms with Gasteiger partial charge in [0, 0.05) is 42.0 Å². The van der Waals surface area contributed by atoms with Crippen LogP contribution in [0.4, 0.5) is 5.69 Å². The van der Waals surface area contributed by atoms with E-state index in [4.69, 9.17) is 4.74 Å². The van der Waals surface area contributed by atoms with Crippen LogP contribution >= 0.6 is 0 Å². The minimum Gasteiger partial charge on any atom is -0.497 e. The lowest BCUT2D eigenvalue weighted by atomic mass is 10.1. The van der Waals surface area contributed by atoms with Crippen molar-refractivity contribution in [3.63, 3.8) is 0 Å². The molecule has 0 unspecified atom stereocenters. The number of methoxy groups -OCH3 is 1. The van der Waals surface area contributed by atoms with Crippen LogP contribution < -0.4 is 10.1 Å². The first-order chi connectivity index (χ1) is 13.1. The molecule has 0 aliphatic carbocycles. The Morgan fingerprint density at radius 3 is 2.85 bits per heavy atom. The van der Waals surface area contributed by atoms with E-state index >= 15 is 0 Å². The summed E-state index contributed by atoms with van der Waals surface area (Å²) in [5.41, 5.74) is 3.39. The quantitative estimate of drug-likeness (QED) is 0.589. The SMILES string of the molecule is COc1cc(NC(=O)Cc2cn(C)c3ccccc23)cc(-n2cnnn2)c1. The van der Waals surface area contributed by atoms with Gasteiger partial charge in [-0.15, -0.1) is 5.10 Å². The standard InChI is InChI=1S/C19H18N6O2/c1-24-11-13(17-5-3-4-6-18(17)24)7-19(26)21-14-8-15(10-16(9-14)27-2)25-12-20-22-23-25/h3-6,8-12H,7H2,1-2H3,(H,21,26). The van der Waals surface area contributed by atoms with Crippen LogP contribution in [0.25, 0.3) is 16.6 Å². The second-order valence-corrected chi connectivity index (χ2v) is 6.18. The summed E-state index contributed by atoms with van der Waals surface area (Å²) in [6, 6.07) is 13.4. The molecule has 0 atom stereocenters. The third-order valence-electron chi connectivity index (χ3n) is 4.35. The number of rotatable bonds is 5. The summed E-state index contributed by atoms with van der Waals surface area (Å²) in [7, 11) is 3.55. The number of hydrogen-bond acceptors (Lipinski definition) is 5. The molecule has 2 aromatic carbocycles. The van der Waals surface area contributed by atoms with Gasteiger partial charge in [-0.25, -0.2) is 4.68 Å². The van der Waals surface area contributed by atoms with E-state index in [-0.39, 0.29) is 12.3 Å². The first-order valence-electron chi connectivity index (χ1n) is 8.39. The van der Waals surface area contributed by atoms with Gasteiger partial charge in [-0.3, -0.25) is 4.79 Å². The molecule has 0 saturated carbocycles. The summed E-state index contributed by atoms with van der Waals surface area (Å²) >= 11 is 0. The molecule has 0 fully saturated rings. The molecule has 0 aliphatic heterocycles. The van der Waals surface area contributed by atoms with Crippen LogP contribution in [0.5, 0.6) is 5.75 Å². The number of ether oxygens (including phenoxy) is 1. The molecule has 4 rings (SSSR count). The number of nitrogens with one attached hydrogen (secondary N) is 1. The average Bonchev–Trinajstić information content (AvgIpc) is 3.31. The highest BCUT2D eigenvalue weighted by Crippen LogP contribution is 2.24. The van der Waals surface area contributed by atoms with E-state index in [1.807, 2.05) is 42.1 Å². The molecular weight excluding hydrogens is 344 g/mol. The molecule has 8 heteroatoms. The van der Waals surface area contributed by atoms with Gasteiger partial charge < -0.3 is 14.6 Å². The average molecular weight is 362 g/mol. The smallest absolute Gasteiger partial charge is 0.228 e. The molecule has 0 spiro atoms. The predicted octanol–water partition coefficient (Wildman–Crippen LogP) is 2.34. The number of anilines is 1. The highest BCUT2D eigenvalue weighted by Gasteiger charge is 2.12. The maximum atomic E-state index is 12.6. The van der Waals surface area contributed by atoms with Gasteiger partial charge in [0.25, 0.3) is 0 Å². The fourth-order valence-electron chi connectivity index (χ4n) is 3.13. The molecule has 0 bridgehead atoms. The lowest BCUT2D eigenvalue weighted by molar-refractivity contribution is -0.115. The molecule has 0 aliphatic rings. The van der Waals surface area contributed by atoms with Crippen LogP contribution in [0.3, 0.4) is 0 Å². The zero-order valence-electron chi connectivity index (χ0n) is 15.0. The predicted molar refractivity (Wildman–Crippen MR) is 101 cm³/mol. The van der Waals surface area contributed by atoms with Crippen molar-refractivity contribution in [2.45, 2.75) is 6.42 Å². The third-order valence-corrected chi connectivity index (χ3v) is 4.35. The van der Waals surface area contributed by atoms with Crippen LogP contribution in [-0.2, 0) is 18.3 Å². The van der Waals surface area contributed by atoms with E-state index in [0.29, 0.717) is 17.1 Å². The normalized spacial score (nSPS) is 10.9. The maximum absolute atomic E-state index is 12.6. The molecule has 0 radical (unpaired) electrons. The van der Waals surface area contributed by atoms with E-state index in [0.717, 1.165) is 16.5 Å². The van der Waals surface area contributed by atoms with Crippen LogP contribution in [0.1, 0.15) is 5.56 Å². The van der Waals surface area contributed by atoms with E-state index in [1.165, 1.54) is 11.0 Å². The van der Waals surface area contributed by atoms with Gasteiger partial charge in [0.1, 0.15) is 12.1 Å². The second-order valence-electron chi connectivity index (χ2n) is 6.18. The molecule has 4 aromatic rings. The number of nitrogens with zero attached hydrogens (tertiary/aromatic N) is 5. The van der Waals surface area contributed by atoms with E-state index in [9.17, 15) is 4.79 Å². The van der Waals surface area contributed by atoms with Crippen molar-refractivity contribution in [2.24, 2.45) is 7.05 Å². The Labute approximate surface area is 155 Å². The Balaban J connectivity index is 1.58. The number of aryl methyl sites for hydroxylation is 1. The molecule has 1 N–H and O–H groups in total. The summed E-state index contributed by atoms with van der Waals surface area (Å²) < 4.78 is 8.85. The maximum Gasteiger partial charge on any atom is 0.228 e. The number of fused-ring (bicyclic) bond motifs is 1. The Hall–Kier alpha value is -3.68. The van der Waals surface area contributed by atoms with E-state index in [2.05, 4.69) is 20.8 Å². The van der Waals surface area contributed by atoms with Gasteiger partial charge in [0.05, 0.1) is 19.2 Å². The number of benzene rings is 2. The van der Waals surface area contributed by atoms with Gasteiger partial charge in [-0.05, 0) is 28.1 Å². The van der Waals surface area contributed by atoms with Gasteiger partial charge in [-0.1, -0.05) is 18.2 Å². The number of aromatic nitrogens is 5. The Bertz CT molecular complexity index is 1100. The minimum atomic E-state index is -0.109. The first-order valence-corrected chi connectivity index (χ1v) is 8.39. The van der Waals surface area contributed by atoms with Gasteiger partial charge in [-0.2, -0.15) is 0 Å². The summed E-state index contributed by atoms with van der Waals surface area (Å²) in [6.07, 6.45) is 3.75. The lowest BCUT2D eigenvalue weighted by Crippen LogP contribution is -2.14. The van der Waals surface area contributed by atoms with Gasteiger partial charge in [0.2, 0.25) is 5.91 Å². The summed E-state index contributed by atoms with van der Waals surface area (Å²) in [4.78, 5) is 12.6. The zero-order valence-corrected chi connectivity index (χ0v) is 15.0. The van der Waals surface area contributed by atoms with Gasteiger partial charge >= 0.3 is 0 Å². The van der Waals surface area contributed by atoms with Crippen molar-refractivity contribution in [2.75, 3.05) is 12.4 Å². The molecular formula is C19H18N6O2. The topological polar surface area (TPSA) is 86.9 Å².